The topological polar surface area (TPSA) is 48.0 Å². The summed E-state index contributed by atoms with van der Waals surface area (Å²) < 4.78 is 44.1. The van der Waals surface area contributed by atoms with Crippen molar-refractivity contribution in [1.82, 2.24) is 4.57 Å². The fraction of sp³-hybridized carbons (Fsp3) is 0.0385. The number of fused-ring (bicyclic) bond motifs is 3. The molecule has 0 aliphatic carbocycles. The molecule has 6 heteroatoms. The lowest BCUT2D eigenvalue weighted by atomic mass is 10.0. The number of primary amides is 1. The first kappa shape index (κ1) is 19.9. The number of hydrogen-bond donors (Lipinski definition) is 1. The van der Waals surface area contributed by atoms with Crippen molar-refractivity contribution in [3.8, 4) is 11.1 Å². The van der Waals surface area contributed by atoms with E-state index in [1.165, 1.54) is 0 Å². The molecule has 5 rings (SSSR count). The van der Waals surface area contributed by atoms with Gasteiger partial charge in [-0.25, -0.2) is 13.2 Å². The van der Waals surface area contributed by atoms with Gasteiger partial charge in [0, 0.05) is 34.0 Å². The Hall–Kier alpha value is -4.06. The minimum atomic E-state index is -0.978. The summed E-state index contributed by atoms with van der Waals surface area (Å²) in [6.45, 7) is -0.182. The highest BCUT2D eigenvalue weighted by Crippen LogP contribution is 2.35. The van der Waals surface area contributed by atoms with Crippen molar-refractivity contribution in [1.29, 1.82) is 0 Å². The number of nitrogens with two attached hydrogens (primary N) is 1. The number of amides is 1. The lowest BCUT2D eigenvalue weighted by Crippen LogP contribution is -2.11. The van der Waals surface area contributed by atoms with Crippen LogP contribution in [0.5, 0.6) is 0 Å². The van der Waals surface area contributed by atoms with Crippen LogP contribution >= 0.6 is 0 Å². The highest BCUT2D eigenvalue weighted by molar-refractivity contribution is 6.18. The quantitative estimate of drug-likeness (QED) is 0.372. The van der Waals surface area contributed by atoms with Crippen molar-refractivity contribution in [2.24, 2.45) is 5.73 Å². The van der Waals surface area contributed by atoms with Crippen LogP contribution in [-0.2, 0) is 6.54 Å². The summed E-state index contributed by atoms with van der Waals surface area (Å²) in [5, 5.41) is 1.34. The molecule has 0 saturated heterocycles. The number of rotatable bonds is 4. The number of carbonyl (C=O) groups excluding carboxylic acids is 1. The fourth-order valence-corrected chi connectivity index (χ4v) is 4.21. The van der Waals surface area contributed by atoms with Gasteiger partial charge in [0.25, 0.3) is 0 Å². The van der Waals surface area contributed by atoms with Crippen molar-refractivity contribution in [2.45, 2.75) is 6.54 Å². The van der Waals surface area contributed by atoms with E-state index in [4.69, 9.17) is 5.73 Å². The van der Waals surface area contributed by atoms with Crippen molar-refractivity contribution < 1.29 is 18.0 Å². The molecule has 0 spiro atoms. The molecule has 3 nitrogen and oxygen atoms in total. The van der Waals surface area contributed by atoms with Crippen molar-refractivity contribution in [3.63, 3.8) is 0 Å². The second-order valence-electron chi connectivity index (χ2n) is 7.60. The highest BCUT2D eigenvalue weighted by atomic mass is 19.1. The molecule has 0 saturated carbocycles. The number of nitrogens with zero attached hydrogens (tertiary/aromatic N) is 1. The van der Waals surface area contributed by atoms with Gasteiger partial charge in [0.1, 0.15) is 17.5 Å². The van der Waals surface area contributed by atoms with Gasteiger partial charge in [0.05, 0.1) is 17.6 Å². The number of benzene rings is 4. The van der Waals surface area contributed by atoms with Crippen LogP contribution in [0.15, 0.2) is 78.9 Å². The summed E-state index contributed by atoms with van der Waals surface area (Å²) in [7, 11) is 0. The molecular formula is C26H17F3N2O. The first-order valence-corrected chi connectivity index (χ1v) is 9.97. The molecular weight excluding hydrogens is 413 g/mol. The predicted octanol–water partition coefficient (Wildman–Crippen LogP) is 6.03. The molecule has 0 aliphatic heterocycles. The maximum atomic E-state index is 14.5. The van der Waals surface area contributed by atoms with E-state index in [0.29, 0.717) is 34.1 Å². The summed E-state index contributed by atoms with van der Waals surface area (Å²) in [4.78, 5) is 12.1. The zero-order valence-corrected chi connectivity index (χ0v) is 16.8. The summed E-state index contributed by atoms with van der Waals surface area (Å²) in [5.74, 6) is -3.51. The lowest BCUT2D eigenvalue weighted by molar-refractivity contribution is 0.100. The van der Waals surface area contributed by atoms with Crippen molar-refractivity contribution in [3.05, 3.63) is 107 Å². The van der Waals surface area contributed by atoms with E-state index < -0.39 is 23.4 Å². The molecule has 4 aromatic carbocycles. The maximum Gasteiger partial charge on any atom is 0.249 e. The first-order chi connectivity index (χ1) is 15.4. The third kappa shape index (κ3) is 3.21. The fourth-order valence-electron chi connectivity index (χ4n) is 4.21. The monoisotopic (exact) mass is 430 g/mol. The Balaban J connectivity index is 1.83. The third-order valence-corrected chi connectivity index (χ3v) is 5.69. The van der Waals surface area contributed by atoms with E-state index in [1.807, 2.05) is 48.5 Å². The summed E-state index contributed by atoms with van der Waals surface area (Å²) in [6.07, 6.45) is 0. The van der Waals surface area contributed by atoms with Crippen molar-refractivity contribution in [2.75, 3.05) is 0 Å². The van der Waals surface area contributed by atoms with Gasteiger partial charge in [0.2, 0.25) is 5.91 Å². The maximum absolute atomic E-state index is 14.5. The number of carbonyl (C=O) groups is 1. The van der Waals surface area contributed by atoms with Crippen LogP contribution in [-0.4, -0.2) is 10.5 Å². The molecule has 158 valence electrons. The second-order valence-corrected chi connectivity index (χ2v) is 7.60. The molecule has 32 heavy (non-hydrogen) atoms. The van der Waals surface area contributed by atoms with Gasteiger partial charge in [-0.1, -0.05) is 48.5 Å². The molecule has 1 aromatic heterocycles. The number of halogens is 3. The third-order valence-electron chi connectivity index (χ3n) is 5.69. The Morgan fingerprint density at radius 3 is 2.19 bits per heavy atom. The van der Waals surface area contributed by atoms with Crippen LogP contribution in [0.4, 0.5) is 13.2 Å². The highest BCUT2D eigenvalue weighted by Gasteiger charge is 2.20. The van der Waals surface area contributed by atoms with E-state index in [9.17, 15) is 18.0 Å². The summed E-state index contributed by atoms with van der Waals surface area (Å²) in [6, 6.07) is 21.8. The smallest absolute Gasteiger partial charge is 0.249 e. The Morgan fingerprint density at radius 2 is 1.50 bits per heavy atom. The van der Waals surface area contributed by atoms with Gasteiger partial charge in [0.15, 0.2) is 0 Å². The lowest BCUT2D eigenvalue weighted by Gasteiger charge is -2.11. The molecule has 1 heterocycles. The molecule has 0 unspecified atom stereocenters. The van der Waals surface area contributed by atoms with E-state index >= 15 is 0 Å². The zero-order valence-electron chi connectivity index (χ0n) is 16.8. The van der Waals surface area contributed by atoms with Crippen LogP contribution in [0.2, 0.25) is 0 Å². The van der Waals surface area contributed by atoms with Crippen LogP contribution in [0, 0.1) is 17.5 Å². The molecule has 2 N–H and O–H groups in total. The predicted molar refractivity (Wildman–Crippen MR) is 119 cm³/mol. The van der Waals surface area contributed by atoms with Crippen molar-refractivity contribution >= 4 is 27.7 Å². The Morgan fingerprint density at radius 1 is 0.781 bits per heavy atom. The standard InChI is InChI=1S/C26H17F3N2O/c27-17-12-21(28)20(22(29)13-17)14-31-23-8-4-7-19(26(30)32)25(23)18-10-9-16(11-24(18)31)15-5-2-1-3-6-15/h1-13H,14H2,(H2,30,32). The van der Waals surface area contributed by atoms with E-state index in [1.54, 1.807) is 22.8 Å². The van der Waals surface area contributed by atoms with Gasteiger partial charge in [-0.05, 0) is 29.3 Å². The minimum Gasteiger partial charge on any atom is -0.366 e. The largest absolute Gasteiger partial charge is 0.366 e. The van der Waals surface area contributed by atoms with Gasteiger partial charge >= 0.3 is 0 Å². The van der Waals surface area contributed by atoms with Gasteiger partial charge in [-0.3, -0.25) is 4.79 Å². The average Bonchev–Trinajstić information content (AvgIpc) is 3.09. The number of aromatic nitrogens is 1. The molecule has 0 radical (unpaired) electrons. The molecule has 0 atom stereocenters. The van der Waals surface area contributed by atoms with Crippen LogP contribution in [0.3, 0.4) is 0 Å². The van der Waals surface area contributed by atoms with Gasteiger partial charge in [-0.15, -0.1) is 0 Å². The summed E-state index contributed by atoms with van der Waals surface area (Å²) >= 11 is 0. The van der Waals surface area contributed by atoms with Crippen LogP contribution in [0.25, 0.3) is 32.9 Å². The summed E-state index contributed by atoms with van der Waals surface area (Å²) in [5.41, 5.74) is 8.82. The van der Waals surface area contributed by atoms with E-state index in [-0.39, 0.29) is 12.1 Å². The Kier molecular flexibility index (Phi) is 4.70. The Labute approximate surface area is 181 Å². The van der Waals surface area contributed by atoms with E-state index in [0.717, 1.165) is 16.5 Å². The van der Waals surface area contributed by atoms with Gasteiger partial charge < -0.3 is 10.3 Å². The zero-order chi connectivity index (χ0) is 22.4. The second kappa shape index (κ2) is 7.57. The average molecular weight is 430 g/mol. The SMILES string of the molecule is NC(=O)c1cccc2c1c1ccc(-c3ccccc3)cc1n2Cc1c(F)cc(F)cc1F. The normalized spacial score (nSPS) is 11.3. The van der Waals surface area contributed by atoms with Gasteiger partial charge in [-0.2, -0.15) is 0 Å². The first-order valence-electron chi connectivity index (χ1n) is 9.97. The number of hydrogen-bond acceptors (Lipinski definition) is 1. The molecule has 5 aromatic rings. The van der Waals surface area contributed by atoms with Crippen LogP contribution < -0.4 is 5.73 Å². The minimum absolute atomic E-state index is 0.182. The van der Waals surface area contributed by atoms with E-state index in [2.05, 4.69) is 0 Å². The molecule has 0 aliphatic rings. The Bertz CT molecular complexity index is 1480. The molecule has 0 fully saturated rings. The molecule has 1 amide bonds. The molecule has 0 bridgehead atoms. The van der Waals surface area contributed by atoms with Crippen LogP contribution in [0.1, 0.15) is 15.9 Å².